The SMILES string of the molecule is CC(C)N(C)c1nc(Nc2ccc(S(N)(=O)=O)nc2)ncc1Br. The van der Waals surface area contributed by atoms with Gasteiger partial charge in [-0.3, -0.25) is 0 Å². The minimum absolute atomic E-state index is 0.194. The third kappa shape index (κ3) is 4.36. The average molecular weight is 401 g/mol. The van der Waals surface area contributed by atoms with E-state index in [1.165, 1.54) is 12.3 Å². The maximum Gasteiger partial charge on any atom is 0.255 e. The fraction of sp³-hybridized carbons (Fsp3) is 0.308. The van der Waals surface area contributed by atoms with Gasteiger partial charge >= 0.3 is 0 Å². The highest BCUT2D eigenvalue weighted by molar-refractivity contribution is 9.10. The van der Waals surface area contributed by atoms with Crippen molar-refractivity contribution in [3.05, 3.63) is 29.0 Å². The van der Waals surface area contributed by atoms with Crippen LogP contribution in [0.3, 0.4) is 0 Å². The van der Waals surface area contributed by atoms with E-state index >= 15 is 0 Å². The first-order chi connectivity index (χ1) is 10.7. The topological polar surface area (TPSA) is 114 Å². The Morgan fingerprint density at radius 1 is 1.26 bits per heavy atom. The molecule has 2 rings (SSSR count). The quantitative estimate of drug-likeness (QED) is 0.786. The first kappa shape index (κ1) is 17.6. The molecule has 0 amide bonds. The lowest BCUT2D eigenvalue weighted by Crippen LogP contribution is -2.27. The summed E-state index contributed by atoms with van der Waals surface area (Å²) in [5, 5.41) is 7.79. The third-order valence-corrected chi connectivity index (χ3v) is 4.50. The van der Waals surface area contributed by atoms with E-state index in [2.05, 4.69) is 50.0 Å². The second-order valence-electron chi connectivity index (χ2n) is 5.12. The number of halogens is 1. The molecule has 0 aromatic carbocycles. The number of hydrogen-bond donors (Lipinski definition) is 2. The van der Waals surface area contributed by atoms with E-state index in [0.717, 1.165) is 10.3 Å². The largest absolute Gasteiger partial charge is 0.356 e. The normalized spacial score (nSPS) is 11.6. The summed E-state index contributed by atoms with van der Waals surface area (Å²) in [6.45, 7) is 4.11. The van der Waals surface area contributed by atoms with E-state index in [1.807, 2.05) is 11.9 Å². The number of rotatable bonds is 5. The van der Waals surface area contributed by atoms with E-state index in [9.17, 15) is 8.42 Å². The zero-order valence-electron chi connectivity index (χ0n) is 12.9. The molecule has 0 fully saturated rings. The van der Waals surface area contributed by atoms with Gasteiger partial charge in [0, 0.05) is 19.3 Å². The van der Waals surface area contributed by atoms with E-state index in [-0.39, 0.29) is 11.1 Å². The van der Waals surface area contributed by atoms with Crippen molar-refractivity contribution in [2.45, 2.75) is 24.9 Å². The Labute approximate surface area is 143 Å². The van der Waals surface area contributed by atoms with Gasteiger partial charge in [-0.1, -0.05) is 0 Å². The molecule has 0 saturated heterocycles. The molecule has 2 aromatic rings. The summed E-state index contributed by atoms with van der Waals surface area (Å²) in [4.78, 5) is 14.4. The van der Waals surface area contributed by atoms with E-state index in [4.69, 9.17) is 5.14 Å². The number of nitrogens with zero attached hydrogens (tertiary/aromatic N) is 4. The molecule has 0 aliphatic carbocycles. The van der Waals surface area contributed by atoms with Gasteiger partial charge in [0.25, 0.3) is 10.0 Å². The van der Waals surface area contributed by atoms with Gasteiger partial charge in [-0.2, -0.15) is 4.98 Å². The Morgan fingerprint density at radius 3 is 2.48 bits per heavy atom. The van der Waals surface area contributed by atoms with Crippen molar-refractivity contribution < 1.29 is 8.42 Å². The summed E-state index contributed by atoms with van der Waals surface area (Å²) in [5.41, 5.74) is 0.554. The Hall–Kier alpha value is -1.78. The van der Waals surface area contributed by atoms with Crippen molar-refractivity contribution >= 4 is 43.4 Å². The Morgan fingerprint density at radius 2 is 1.96 bits per heavy atom. The van der Waals surface area contributed by atoms with Crippen LogP contribution in [-0.4, -0.2) is 36.5 Å². The fourth-order valence-electron chi connectivity index (χ4n) is 1.66. The Balaban J connectivity index is 2.25. The number of sulfonamides is 1. The van der Waals surface area contributed by atoms with Gasteiger partial charge in [0.15, 0.2) is 5.03 Å². The monoisotopic (exact) mass is 400 g/mol. The number of anilines is 3. The maximum absolute atomic E-state index is 11.2. The summed E-state index contributed by atoms with van der Waals surface area (Å²) >= 11 is 3.43. The van der Waals surface area contributed by atoms with Crippen LogP contribution in [0.5, 0.6) is 0 Å². The molecule has 124 valence electrons. The molecule has 8 nitrogen and oxygen atoms in total. The van der Waals surface area contributed by atoms with Gasteiger partial charge in [-0.05, 0) is 41.9 Å². The van der Waals surface area contributed by atoms with Crippen LogP contribution in [0.4, 0.5) is 17.5 Å². The second-order valence-corrected chi connectivity index (χ2v) is 7.49. The van der Waals surface area contributed by atoms with Gasteiger partial charge in [0.05, 0.1) is 16.4 Å². The lowest BCUT2D eigenvalue weighted by molar-refractivity contribution is 0.594. The van der Waals surface area contributed by atoms with Crippen LogP contribution < -0.4 is 15.4 Å². The molecule has 10 heteroatoms. The van der Waals surface area contributed by atoms with Gasteiger partial charge in [-0.15, -0.1) is 0 Å². The lowest BCUT2D eigenvalue weighted by Gasteiger charge is -2.23. The van der Waals surface area contributed by atoms with Crippen LogP contribution in [0.1, 0.15) is 13.8 Å². The van der Waals surface area contributed by atoms with Crippen molar-refractivity contribution in [1.82, 2.24) is 15.0 Å². The highest BCUT2D eigenvalue weighted by Crippen LogP contribution is 2.25. The van der Waals surface area contributed by atoms with E-state index in [1.54, 1.807) is 12.3 Å². The molecule has 0 unspecified atom stereocenters. The van der Waals surface area contributed by atoms with Crippen LogP contribution in [0.25, 0.3) is 0 Å². The van der Waals surface area contributed by atoms with Crippen LogP contribution >= 0.6 is 15.9 Å². The Kier molecular flexibility index (Phi) is 5.17. The molecule has 0 aliphatic heterocycles. The average Bonchev–Trinajstić information content (AvgIpc) is 2.48. The molecular formula is C13H17BrN6O2S. The number of aromatic nitrogens is 3. The number of hydrogen-bond acceptors (Lipinski definition) is 7. The van der Waals surface area contributed by atoms with Crippen molar-refractivity contribution in [2.75, 3.05) is 17.3 Å². The number of pyridine rings is 1. The summed E-state index contributed by atoms with van der Waals surface area (Å²) < 4.78 is 23.1. The first-order valence-corrected chi connectivity index (χ1v) is 9.03. The molecule has 0 aliphatic rings. The molecule has 2 aromatic heterocycles. The van der Waals surface area contributed by atoms with Crippen LogP contribution in [-0.2, 0) is 10.0 Å². The summed E-state index contributed by atoms with van der Waals surface area (Å²) in [6.07, 6.45) is 3.01. The maximum atomic E-state index is 11.2. The first-order valence-electron chi connectivity index (χ1n) is 6.69. The Bertz CT molecular complexity index is 795. The van der Waals surface area contributed by atoms with E-state index < -0.39 is 10.0 Å². The van der Waals surface area contributed by atoms with Gasteiger partial charge < -0.3 is 10.2 Å². The minimum Gasteiger partial charge on any atom is -0.356 e. The second kappa shape index (κ2) is 6.77. The molecule has 0 spiro atoms. The number of primary sulfonamides is 1. The molecule has 23 heavy (non-hydrogen) atoms. The predicted molar refractivity (Wildman–Crippen MR) is 92.2 cm³/mol. The summed E-state index contributed by atoms with van der Waals surface area (Å²) in [7, 11) is -1.87. The summed E-state index contributed by atoms with van der Waals surface area (Å²) in [5.74, 6) is 1.12. The van der Waals surface area contributed by atoms with E-state index in [0.29, 0.717) is 11.6 Å². The van der Waals surface area contributed by atoms with Crippen LogP contribution in [0, 0.1) is 0 Å². The smallest absolute Gasteiger partial charge is 0.255 e. The van der Waals surface area contributed by atoms with Gasteiger partial charge in [0.2, 0.25) is 5.95 Å². The molecule has 2 heterocycles. The predicted octanol–water partition coefficient (Wildman–Crippen LogP) is 1.87. The third-order valence-electron chi connectivity index (χ3n) is 3.12. The number of nitrogens with two attached hydrogens (primary N) is 1. The number of nitrogens with one attached hydrogen (secondary N) is 1. The molecule has 0 radical (unpaired) electrons. The zero-order valence-corrected chi connectivity index (χ0v) is 15.3. The van der Waals surface area contributed by atoms with Gasteiger partial charge in [0.1, 0.15) is 5.82 Å². The zero-order chi connectivity index (χ0) is 17.2. The highest BCUT2D eigenvalue weighted by atomic mass is 79.9. The van der Waals surface area contributed by atoms with Crippen molar-refractivity contribution in [1.29, 1.82) is 0 Å². The molecule has 0 atom stereocenters. The van der Waals surface area contributed by atoms with Crippen molar-refractivity contribution in [2.24, 2.45) is 5.14 Å². The highest BCUT2D eigenvalue weighted by Gasteiger charge is 2.13. The fourth-order valence-corrected chi connectivity index (χ4v) is 2.59. The lowest BCUT2D eigenvalue weighted by atomic mass is 10.3. The molecule has 3 N–H and O–H groups in total. The van der Waals surface area contributed by atoms with Gasteiger partial charge in [-0.25, -0.2) is 23.5 Å². The van der Waals surface area contributed by atoms with Crippen LogP contribution in [0.15, 0.2) is 34.0 Å². The van der Waals surface area contributed by atoms with Crippen LogP contribution in [0.2, 0.25) is 0 Å². The van der Waals surface area contributed by atoms with Crippen molar-refractivity contribution in [3.63, 3.8) is 0 Å². The minimum atomic E-state index is -3.81. The van der Waals surface area contributed by atoms with Crippen molar-refractivity contribution in [3.8, 4) is 0 Å². The molecular weight excluding hydrogens is 384 g/mol. The summed E-state index contributed by atoms with van der Waals surface area (Å²) in [6, 6.07) is 3.13. The standard InChI is InChI=1S/C13H17BrN6O2S/c1-8(2)20(3)12-10(14)7-17-13(19-12)18-9-4-5-11(16-6-9)23(15,21)22/h4-8H,1-3H3,(H2,15,21,22)(H,17,18,19). The molecule has 0 saturated carbocycles. The molecule has 0 bridgehead atoms.